The molecule has 6 nitrogen and oxygen atoms in total. The molecule has 3 heterocycles. The van der Waals surface area contributed by atoms with Crippen LogP contribution in [0.3, 0.4) is 0 Å². The Morgan fingerprint density at radius 2 is 2.18 bits per heavy atom. The molecule has 4 rings (SSSR count). The van der Waals surface area contributed by atoms with Crippen LogP contribution in [0, 0.1) is 0 Å². The van der Waals surface area contributed by atoms with Crippen LogP contribution in [0.15, 0.2) is 17.5 Å². The van der Waals surface area contributed by atoms with E-state index < -0.39 is 0 Å². The molecule has 1 aliphatic carbocycles. The molecule has 7 heteroatoms. The van der Waals surface area contributed by atoms with E-state index in [-0.39, 0.29) is 17.4 Å². The lowest BCUT2D eigenvalue weighted by molar-refractivity contribution is -0.131. The molecule has 150 valence electrons. The number of thiophene rings is 1. The summed E-state index contributed by atoms with van der Waals surface area (Å²) >= 11 is 1.71. The van der Waals surface area contributed by atoms with Gasteiger partial charge in [-0.3, -0.25) is 14.7 Å². The van der Waals surface area contributed by atoms with Gasteiger partial charge in [0, 0.05) is 42.4 Å². The van der Waals surface area contributed by atoms with E-state index in [2.05, 4.69) is 27.0 Å². The number of fused-ring (bicyclic) bond motifs is 1. The number of amides is 2. The van der Waals surface area contributed by atoms with Crippen LogP contribution in [-0.2, 0) is 35.4 Å². The van der Waals surface area contributed by atoms with Crippen molar-refractivity contribution in [3.8, 4) is 0 Å². The van der Waals surface area contributed by atoms with Crippen molar-refractivity contribution in [1.29, 1.82) is 0 Å². The Morgan fingerprint density at radius 3 is 2.93 bits per heavy atom. The molecule has 0 aromatic carbocycles. The summed E-state index contributed by atoms with van der Waals surface area (Å²) in [6, 6.07) is 4.14. The van der Waals surface area contributed by atoms with Gasteiger partial charge < -0.3 is 10.2 Å². The molecule has 2 aromatic heterocycles. The molecular weight excluding hydrogens is 372 g/mol. The number of H-pyrrole nitrogens is 1. The summed E-state index contributed by atoms with van der Waals surface area (Å²) in [5, 5.41) is 12.8. The summed E-state index contributed by atoms with van der Waals surface area (Å²) in [6.45, 7) is 0.551. The Labute approximate surface area is 169 Å². The second kappa shape index (κ2) is 8.07. The maximum absolute atomic E-state index is 12.8. The molecule has 2 amide bonds. The number of hydrogen-bond donors (Lipinski definition) is 2. The van der Waals surface area contributed by atoms with Gasteiger partial charge in [0.1, 0.15) is 0 Å². The first-order valence-corrected chi connectivity index (χ1v) is 11.0. The number of aromatic amines is 1. The summed E-state index contributed by atoms with van der Waals surface area (Å²) in [6.07, 6.45) is 7.80. The van der Waals surface area contributed by atoms with Gasteiger partial charge in [0.2, 0.25) is 11.8 Å². The number of nitrogens with zero attached hydrogens (tertiary/aromatic N) is 2. The maximum Gasteiger partial charge on any atom is 0.222 e. The molecule has 2 aliphatic rings. The van der Waals surface area contributed by atoms with Crippen LogP contribution < -0.4 is 5.32 Å². The fourth-order valence-electron chi connectivity index (χ4n) is 4.46. The predicted molar refractivity (Wildman–Crippen MR) is 109 cm³/mol. The first kappa shape index (κ1) is 19.2. The molecule has 28 heavy (non-hydrogen) atoms. The fourth-order valence-corrected chi connectivity index (χ4v) is 5.31. The van der Waals surface area contributed by atoms with Crippen LogP contribution in [0.2, 0.25) is 0 Å². The van der Waals surface area contributed by atoms with Crippen molar-refractivity contribution in [2.45, 2.75) is 69.9 Å². The van der Waals surface area contributed by atoms with E-state index >= 15 is 0 Å². The molecule has 1 unspecified atom stereocenters. The van der Waals surface area contributed by atoms with Gasteiger partial charge in [-0.25, -0.2) is 0 Å². The van der Waals surface area contributed by atoms with E-state index in [0.717, 1.165) is 31.4 Å². The number of rotatable bonds is 7. The Balaban J connectivity index is 1.36. The molecule has 2 aromatic rings. The molecule has 1 fully saturated rings. The Hall–Kier alpha value is -2.15. The number of carbonyl (C=O) groups excluding carboxylic acids is 2. The smallest absolute Gasteiger partial charge is 0.222 e. The Morgan fingerprint density at radius 1 is 1.32 bits per heavy atom. The molecule has 0 saturated carbocycles. The number of aryl methyl sites for hydroxylation is 1. The molecule has 0 spiro atoms. The largest absolute Gasteiger partial charge is 0.350 e. The van der Waals surface area contributed by atoms with Crippen LogP contribution in [0.25, 0.3) is 0 Å². The maximum atomic E-state index is 12.8. The SMILES string of the molecule is CN(Cc1n[nH]c2c1CCCC2)C(=O)CCC1(Cc2cccs2)CCC(=O)N1. The quantitative estimate of drug-likeness (QED) is 0.750. The minimum Gasteiger partial charge on any atom is -0.350 e. The number of nitrogens with one attached hydrogen (secondary N) is 2. The van der Waals surface area contributed by atoms with Crippen LogP contribution >= 0.6 is 11.3 Å². The van der Waals surface area contributed by atoms with E-state index in [1.54, 1.807) is 16.2 Å². The van der Waals surface area contributed by atoms with E-state index in [1.165, 1.54) is 29.0 Å². The number of aromatic nitrogens is 2. The van der Waals surface area contributed by atoms with Crippen LogP contribution in [0.5, 0.6) is 0 Å². The predicted octanol–water partition coefficient (Wildman–Crippen LogP) is 2.98. The zero-order valence-electron chi connectivity index (χ0n) is 16.4. The third-order valence-electron chi connectivity index (χ3n) is 6.10. The first-order valence-electron chi connectivity index (χ1n) is 10.2. The lowest BCUT2D eigenvalue weighted by Crippen LogP contribution is -2.44. The normalized spacial score (nSPS) is 21.4. The van der Waals surface area contributed by atoms with Crippen LogP contribution in [0.1, 0.15) is 60.4 Å². The van der Waals surface area contributed by atoms with Gasteiger partial charge in [-0.1, -0.05) is 6.07 Å². The second-order valence-electron chi connectivity index (χ2n) is 8.17. The van der Waals surface area contributed by atoms with E-state index in [4.69, 9.17) is 0 Å². The van der Waals surface area contributed by atoms with Crippen LogP contribution in [0.4, 0.5) is 0 Å². The van der Waals surface area contributed by atoms with Gasteiger partial charge in [-0.2, -0.15) is 5.10 Å². The third kappa shape index (κ3) is 4.14. The average Bonchev–Trinajstić information content (AvgIpc) is 3.42. The van der Waals surface area contributed by atoms with Crippen molar-refractivity contribution in [1.82, 2.24) is 20.4 Å². The molecule has 1 atom stereocenters. The zero-order chi connectivity index (χ0) is 19.6. The molecular formula is C21H28N4O2S. The molecule has 1 aliphatic heterocycles. The highest BCUT2D eigenvalue weighted by atomic mass is 32.1. The van der Waals surface area contributed by atoms with E-state index in [9.17, 15) is 9.59 Å². The lowest BCUT2D eigenvalue weighted by atomic mass is 9.87. The van der Waals surface area contributed by atoms with Crippen molar-refractivity contribution in [2.75, 3.05) is 7.05 Å². The van der Waals surface area contributed by atoms with Crippen molar-refractivity contribution in [2.24, 2.45) is 0 Å². The van der Waals surface area contributed by atoms with Crippen molar-refractivity contribution < 1.29 is 9.59 Å². The van der Waals surface area contributed by atoms with E-state index in [1.807, 2.05) is 13.1 Å². The van der Waals surface area contributed by atoms with Gasteiger partial charge in [0.05, 0.1) is 12.2 Å². The fraction of sp³-hybridized carbons (Fsp3) is 0.571. The van der Waals surface area contributed by atoms with Crippen LogP contribution in [-0.4, -0.2) is 39.5 Å². The van der Waals surface area contributed by atoms with E-state index in [0.29, 0.717) is 25.8 Å². The molecule has 1 saturated heterocycles. The molecule has 2 N–H and O–H groups in total. The molecule has 0 radical (unpaired) electrons. The summed E-state index contributed by atoms with van der Waals surface area (Å²) in [4.78, 5) is 27.7. The zero-order valence-corrected chi connectivity index (χ0v) is 17.2. The van der Waals surface area contributed by atoms with Crippen molar-refractivity contribution in [3.05, 3.63) is 39.3 Å². The number of hydrogen-bond acceptors (Lipinski definition) is 4. The summed E-state index contributed by atoms with van der Waals surface area (Å²) in [5.74, 6) is 0.208. The average molecular weight is 401 g/mol. The minimum absolute atomic E-state index is 0.0977. The van der Waals surface area contributed by atoms with Gasteiger partial charge in [0.15, 0.2) is 0 Å². The number of carbonyl (C=O) groups is 2. The topological polar surface area (TPSA) is 78.1 Å². The lowest BCUT2D eigenvalue weighted by Gasteiger charge is -2.29. The van der Waals surface area contributed by atoms with Crippen molar-refractivity contribution in [3.63, 3.8) is 0 Å². The first-order chi connectivity index (χ1) is 13.5. The van der Waals surface area contributed by atoms with Gasteiger partial charge >= 0.3 is 0 Å². The summed E-state index contributed by atoms with van der Waals surface area (Å²) in [5.41, 5.74) is 3.27. The monoisotopic (exact) mass is 400 g/mol. The van der Waals surface area contributed by atoms with Gasteiger partial charge in [0.25, 0.3) is 0 Å². The van der Waals surface area contributed by atoms with Gasteiger partial charge in [-0.05, 0) is 55.5 Å². The highest BCUT2D eigenvalue weighted by Crippen LogP contribution is 2.31. The summed E-state index contributed by atoms with van der Waals surface area (Å²) in [7, 11) is 1.85. The molecule has 0 bridgehead atoms. The Bertz CT molecular complexity index is 845. The van der Waals surface area contributed by atoms with Gasteiger partial charge in [-0.15, -0.1) is 11.3 Å². The third-order valence-corrected chi connectivity index (χ3v) is 6.98. The Kier molecular flexibility index (Phi) is 5.53. The standard InChI is InChI=1S/C21H28N4O2S/c1-25(14-18-16-6-2-3-7-17(16)23-24-18)20(27)9-11-21(10-8-19(26)22-21)13-15-5-4-12-28-15/h4-5,12H,2-3,6-11,13-14H2,1H3,(H,22,26)(H,23,24). The summed E-state index contributed by atoms with van der Waals surface area (Å²) < 4.78 is 0. The highest BCUT2D eigenvalue weighted by molar-refractivity contribution is 7.09. The second-order valence-corrected chi connectivity index (χ2v) is 9.20. The highest BCUT2D eigenvalue weighted by Gasteiger charge is 2.38. The minimum atomic E-state index is -0.288. The van der Waals surface area contributed by atoms with Crippen molar-refractivity contribution >= 4 is 23.2 Å².